The summed E-state index contributed by atoms with van der Waals surface area (Å²) >= 11 is 1.79. The third kappa shape index (κ3) is 2.09. The van der Waals surface area contributed by atoms with E-state index < -0.39 is 0 Å². The van der Waals surface area contributed by atoms with E-state index in [4.69, 9.17) is 4.42 Å². The Morgan fingerprint density at radius 2 is 2.27 bits per heavy atom. The lowest BCUT2D eigenvalue weighted by atomic mass is 10.3. The predicted molar refractivity (Wildman–Crippen MR) is 61.0 cm³/mol. The highest BCUT2D eigenvalue weighted by molar-refractivity contribution is 7.98. The third-order valence-corrected chi connectivity index (χ3v) is 3.72. The Balaban J connectivity index is 2.05. The molecule has 0 aliphatic rings. The van der Waals surface area contributed by atoms with E-state index in [0.717, 1.165) is 11.5 Å². The van der Waals surface area contributed by atoms with E-state index in [1.165, 1.54) is 16.2 Å². The number of hydrogen-bond donors (Lipinski definition) is 0. The van der Waals surface area contributed by atoms with Gasteiger partial charge in [0.05, 0.1) is 12.5 Å². The van der Waals surface area contributed by atoms with Gasteiger partial charge in [0.15, 0.2) is 0 Å². The molecule has 2 aromatic rings. The Labute approximate surface area is 93.5 Å². The Morgan fingerprint density at radius 1 is 1.47 bits per heavy atom. The first-order chi connectivity index (χ1) is 7.18. The summed E-state index contributed by atoms with van der Waals surface area (Å²) < 4.78 is 7.15. The van der Waals surface area contributed by atoms with Crippen LogP contribution in [0.5, 0.6) is 0 Å². The van der Waals surface area contributed by atoms with E-state index in [2.05, 4.69) is 12.0 Å². The first-order valence-corrected chi connectivity index (χ1v) is 5.81. The van der Waals surface area contributed by atoms with Gasteiger partial charge in [0.1, 0.15) is 5.76 Å². The number of hydrogen-bond acceptors (Lipinski definition) is 3. The molecule has 0 atom stereocenters. The van der Waals surface area contributed by atoms with Crippen molar-refractivity contribution in [3.63, 3.8) is 0 Å². The summed E-state index contributed by atoms with van der Waals surface area (Å²) in [4.78, 5) is 1.21. The van der Waals surface area contributed by atoms with Crippen LogP contribution in [0.1, 0.15) is 17.0 Å². The van der Waals surface area contributed by atoms with Crippen molar-refractivity contribution in [2.24, 2.45) is 7.05 Å². The molecule has 0 saturated heterocycles. The van der Waals surface area contributed by atoms with Crippen LogP contribution in [0.2, 0.25) is 0 Å². The molecule has 15 heavy (non-hydrogen) atoms. The summed E-state index contributed by atoms with van der Waals surface area (Å²) in [6.45, 7) is 4.07. The zero-order chi connectivity index (χ0) is 10.8. The minimum atomic E-state index is 0.944. The maximum atomic E-state index is 5.25. The van der Waals surface area contributed by atoms with Crippen LogP contribution < -0.4 is 0 Å². The zero-order valence-electron chi connectivity index (χ0n) is 9.15. The topological polar surface area (TPSA) is 31.0 Å². The van der Waals surface area contributed by atoms with Crippen LogP contribution in [0.15, 0.2) is 27.8 Å². The number of aromatic nitrogens is 2. The second-order valence-corrected chi connectivity index (χ2v) is 4.53. The Hall–Kier alpha value is -1.16. The molecule has 0 bridgehead atoms. The van der Waals surface area contributed by atoms with Gasteiger partial charge in [-0.25, -0.2) is 0 Å². The molecular formula is C11H14N2OS. The Morgan fingerprint density at radius 3 is 2.80 bits per heavy atom. The largest absolute Gasteiger partial charge is 0.468 e. The second-order valence-electron chi connectivity index (χ2n) is 3.51. The molecule has 0 amide bonds. The molecule has 0 fully saturated rings. The summed E-state index contributed by atoms with van der Waals surface area (Å²) in [5.41, 5.74) is 2.51. The molecule has 2 heterocycles. The molecule has 2 aromatic heterocycles. The van der Waals surface area contributed by atoms with Gasteiger partial charge in [0.2, 0.25) is 0 Å². The molecule has 4 heteroatoms. The van der Waals surface area contributed by atoms with Gasteiger partial charge in [-0.3, -0.25) is 4.68 Å². The van der Waals surface area contributed by atoms with Gasteiger partial charge in [-0.1, -0.05) is 0 Å². The number of aryl methyl sites for hydroxylation is 2. The molecular weight excluding hydrogens is 208 g/mol. The lowest BCUT2D eigenvalue weighted by molar-refractivity contribution is 0.527. The van der Waals surface area contributed by atoms with Gasteiger partial charge >= 0.3 is 0 Å². The molecule has 0 radical (unpaired) electrons. The van der Waals surface area contributed by atoms with Crippen molar-refractivity contribution in [3.05, 3.63) is 35.5 Å². The smallest absolute Gasteiger partial charge is 0.114 e. The summed E-state index contributed by atoms with van der Waals surface area (Å²) in [6.07, 6.45) is 3.66. The van der Waals surface area contributed by atoms with Gasteiger partial charge in [-0.2, -0.15) is 5.10 Å². The molecule has 80 valence electrons. The summed E-state index contributed by atoms with van der Waals surface area (Å²) in [5, 5.41) is 4.22. The first kappa shape index (κ1) is 10.4. The SMILES string of the molecule is Cc1occc1SCc1cnn(C)c1C. The quantitative estimate of drug-likeness (QED) is 0.748. The molecule has 0 aliphatic heterocycles. The molecule has 2 rings (SSSR count). The van der Waals surface area contributed by atoms with Crippen LogP contribution >= 0.6 is 11.8 Å². The van der Waals surface area contributed by atoms with Gasteiger partial charge in [-0.15, -0.1) is 11.8 Å². The number of furan rings is 1. The van der Waals surface area contributed by atoms with Crippen LogP contribution in [-0.4, -0.2) is 9.78 Å². The van der Waals surface area contributed by atoms with Gasteiger partial charge in [0.25, 0.3) is 0 Å². The normalized spacial score (nSPS) is 10.9. The summed E-state index contributed by atoms with van der Waals surface area (Å²) in [5.74, 6) is 1.93. The highest BCUT2D eigenvalue weighted by Crippen LogP contribution is 2.27. The maximum absolute atomic E-state index is 5.25. The fourth-order valence-corrected chi connectivity index (χ4v) is 2.36. The standard InChI is InChI=1S/C11H14N2OS/c1-8-10(6-12-13(8)3)7-15-11-4-5-14-9(11)2/h4-6H,7H2,1-3H3. The summed E-state index contributed by atoms with van der Waals surface area (Å²) in [7, 11) is 1.96. The van der Waals surface area contributed by atoms with Crippen LogP contribution in [0.3, 0.4) is 0 Å². The third-order valence-electron chi connectivity index (χ3n) is 2.53. The average Bonchev–Trinajstić information content (AvgIpc) is 2.74. The van der Waals surface area contributed by atoms with Gasteiger partial charge in [0, 0.05) is 29.0 Å². The highest BCUT2D eigenvalue weighted by atomic mass is 32.2. The highest BCUT2D eigenvalue weighted by Gasteiger charge is 2.06. The summed E-state index contributed by atoms with van der Waals surface area (Å²) in [6, 6.07) is 2.01. The van der Waals surface area contributed by atoms with Gasteiger partial charge < -0.3 is 4.42 Å². The van der Waals surface area contributed by atoms with Crippen molar-refractivity contribution in [2.75, 3.05) is 0 Å². The molecule has 0 N–H and O–H groups in total. The minimum Gasteiger partial charge on any atom is -0.468 e. The minimum absolute atomic E-state index is 0.944. The Kier molecular flexibility index (Phi) is 2.86. The first-order valence-electron chi connectivity index (χ1n) is 4.83. The lowest BCUT2D eigenvalue weighted by Gasteiger charge is -2.00. The fourth-order valence-electron chi connectivity index (χ4n) is 1.36. The van der Waals surface area contributed by atoms with Crippen molar-refractivity contribution < 1.29 is 4.42 Å². The van der Waals surface area contributed by atoms with E-state index in [-0.39, 0.29) is 0 Å². The number of thioether (sulfide) groups is 1. The monoisotopic (exact) mass is 222 g/mol. The van der Waals surface area contributed by atoms with Crippen molar-refractivity contribution in [1.29, 1.82) is 0 Å². The Bertz CT molecular complexity index is 459. The van der Waals surface area contributed by atoms with Crippen LogP contribution in [0, 0.1) is 13.8 Å². The van der Waals surface area contributed by atoms with Crippen molar-refractivity contribution >= 4 is 11.8 Å². The van der Waals surface area contributed by atoms with E-state index in [0.29, 0.717) is 0 Å². The van der Waals surface area contributed by atoms with Gasteiger partial charge in [-0.05, 0) is 19.9 Å². The van der Waals surface area contributed by atoms with Crippen molar-refractivity contribution in [3.8, 4) is 0 Å². The zero-order valence-corrected chi connectivity index (χ0v) is 9.97. The maximum Gasteiger partial charge on any atom is 0.114 e. The van der Waals surface area contributed by atoms with E-state index in [1.54, 1.807) is 18.0 Å². The van der Waals surface area contributed by atoms with Crippen molar-refractivity contribution in [2.45, 2.75) is 24.5 Å². The molecule has 3 nitrogen and oxygen atoms in total. The number of nitrogens with zero attached hydrogens (tertiary/aromatic N) is 2. The van der Waals surface area contributed by atoms with Crippen LogP contribution in [0.25, 0.3) is 0 Å². The van der Waals surface area contributed by atoms with Crippen molar-refractivity contribution in [1.82, 2.24) is 9.78 Å². The molecule has 0 saturated carbocycles. The molecule has 0 spiro atoms. The molecule has 0 unspecified atom stereocenters. The van der Waals surface area contributed by atoms with Crippen LogP contribution in [0.4, 0.5) is 0 Å². The van der Waals surface area contributed by atoms with E-state index in [1.807, 2.05) is 30.9 Å². The van der Waals surface area contributed by atoms with Crippen LogP contribution in [-0.2, 0) is 12.8 Å². The lowest BCUT2D eigenvalue weighted by Crippen LogP contribution is -1.93. The molecule has 0 aliphatic carbocycles. The second kappa shape index (κ2) is 4.14. The van der Waals surface area contributed by atoms with E-state index in [9.17, 15) is 0 Å². The average molecular weight is 222 g/mol. The number of rotatable bonds is 3. The molecule has 0 aromatic carbocycles. The predicted octanol–water partition coefficient (Wildman–Crippen LogP) is 2.92. The van der Waals surface area contributed by atoms with E-state index >= 15 is 0 Å². The fraction of sp³-hybridized carbons (Fsp3) is 0.364.